The molecule has 0 heterocycles. The minimum Gasteiger partial charge on any atom is -0.387 e. The van der Waals surface area contributed by atoms with Gasteiger partial charge in [-0.2, -0.15) is 0 Å². The number of nitrogens with one attached hydrogen (secondary N) is 1. The second-order valence-electron chi connectivity index (χ2n) is 4.44. The van der Waals surface area contributed by atoms with Gasteiger partial charge in [-0.15, -0.1) is 0 Å². The lowest BCUT2D eigenvalue weighted by Gasteiger charge is -2.14. The molecule has 1 aromatic rings. The number of benzene rings is 1. The Morgan fingerprint density at radius 1 is 1.24 bits per heavy atom. The molecule has 0 aliphatic rings. The molecule has 0 fully saturated rings. The van der Waals surface area contributed by atoms with E-state index in [0.29, 0.717) is 12.1 Å². The van der Waals surface area contributed by atoms with Crippen molar-refractivity contribution in [3.63, 3.8) is 0 Å². The molecule has 1 aromatic carbocycles. The van der Waals surface area contributed by atoms with Gasteiger partial charge in [-0.1, -0.05) is 57.4 Å². The molecule has 2 nitrogen and oxygen atoms in total. The van der Waals surface area contributed by atoms with Gasteiger partial charge in [0, 0.05) is 5.56 Å². The third kappa shape index (κ3) is 3.97. The van der Waals surface area contributed by atoms with Crippen LogP contribution >= 0.6 is 0 Å². The molecule has 2 heteroatoms. The fourth-order valence-electron chi connectivity index (χ4n) is 2.00. The largest absolute Gasteiger partial charge is 0.387 e. The van der Waals surface area contributed by atoms with E-state index in [1.165, 1.54) is 0 Å². The fourth-order valence-corrected chi connectivity index (χ4v) is 2.00. The van der Waals surface area contributed by atoms with E-state index in [1.807, 2.05) is 24.3 Å². The molecule has 0 bridgehead atoms. The Hall–Kier alpha value is -1.15. The summed E-state index contributed by atoms with van der Waals surface area (Å²) in [4.78, 5) is 0. The van der Waals surface area contributed by atoms with Gasteiger partial charge < -0.3 is 10.5 Å². The van der Waals surface area contributed by atoms with Crippen LogP contribution < -0.4 is 0 Å². The Balaban J connectivity index is 2.67. The zero-order valence-electron chi connectivity index (χ0n) is 10.9. The second kappa shape index (κ2) is 7.23. The zero-order valence-corrected chi connectivity index (χ0v) is 10.9. The van der Waals surface area contributed by atoms with E-state index < -0.39 is 6.10 Å². The molecule has 1 atom stereocenters. The summed E-state index contributed by atoms with van der Waals surface area (Å²) in [5.41, 5.74) is 2.42. The summed E-state index contributed by atoms with van der Waals surface area (Å²) in [5, 5.41) is 18.1. The topological polar surface area (TPSA) is 44.1 Å². The number of hydrogen-bond donors (Lipinski definition) is 2. The number of rotatable bonds is 7. The van der Waals surface area contributed by atoms with E-state index in [1.54, 1.807) is 0 Å². The average Bonchev–Trinajstić information content (AvgIpc) is 2.38. The van der Waals surface area contributed by atoms with Crippen LogP contribution in [0.15, 0.2) is 24.3 Å². The molecule has 0 aromatic heterocycles. The predicted octanol–water partition coefficient (Wildman–Crippen LogP) is 3.56. The van der Waals surface area contributed by atoms with E-state index in [2.05, 4.69) is 13.8 Å². The number of hydrogen-bond acceptors (Lipinski definition) is 2. The van der Waals surface area contributed by atoms with E-state index >= 15 is 0 Å². The molecule has 94 valence electrons. The molecule has 17 heavy (non-hydrogen) atoms. The molecule has 0 amide bonds. The Morgan fingerprint density at radius 3 is 2.59 bits per heavy atom. The highest BCUT2D eigenvalue weighted by atomic mass is 16.3. The molecule has 0 aliphatic carbocycles. The van der Waals surface area contributed by atoms with Crippen molar-refractivity contribution >= 4 is 5.71 Å². The van der Waals surface area contributed by atoms with Crippen LogP contribution in [0.1, 0.15) is 50.7 Å². The Bertz CT molecular complexity index is 360. The highest BCUT2D eigenvalue weighted by molar-refractivity contribution is 6.02. The lowest BCUT2D eigenvalue weighted by atomic mass is 9.95. The SMILES string of the molecule is CCCCC[C@H](O)C(=N)c1ccccc1CC. The molecule has 0 radical (unpaired) electrons. The summed E-state index contributed by atoms with van der Waals surface area (Å²) in [5.74, 6) is 0. The Labute approximate surface area is 104 Å². The number of aliphatic hydroxyl groups excluding tert-OH is 1. The second-order valence-corrected chi connectivity index (χ2v) is 4.44. The molecule has 2 N–H and O–H groups in total. The quantitative estimate of drug-likeness (QED) is 0.549. The third-order valence-corrected chi connectivity index (χ3v) is 3.10. The fraction of sp³-hybridized carbons (Fsp3) is 0.533. The zero-order chi connectivity index (χ0) is 12.7. The van der Waals surface area contributed by atoms with Crippen LogP contribution in [-0.2, 0) is 6.42 Å². The van der Waals surface area contributed by atoms with Gasteiger partial charge in [0.25, 0.3) is 0 Å². The smallest absolute Gasteiger partial charge is 0.0958 e. The maximum Gasteiger partial charge on any atom is 0.0958 e. The maximum absolute atomic E-state index is 9.99. The predicted molar refractivity (Wildman–Crippen MR) is 72.8 cm³/mol. The lowest BCUT2D eigenvalue weighted by Crippen LogP contribution is -2.21. The molecule has 0 saturated heterocycles. The number of unbranched alkanes of at least 4 members (excludes halogenated alkanes) is 2. The van der Waals surface area contributed by atoms with Gasteiger partial charge in [0.2, 0.25) is 0 Å². The standard InChI is InChI=1S/C15H23NO/c1-3-5-6-11-14(17)15(16)13-10-8-7-9-12(13)4-2/h7-10,14,16-17H,3-6,11H2,1-2H3/t14-/m0/s1. The molecule has 0 spiro atoms. The van der Waals surface area contributed by atoms with Crippen LogP contribution in [-0.4, -0.2) is 16.9 Å². The van der Waals surface area contributed by atoms with Gasteiger partial charge >= 0.3 is 0 Å². The number of aliphatic hydroxyl groups is 1. The number of aryl methyl sites for hydroxylation is 1. The van der Waals surface area contributed by atoms with Crippen LogP contribution in [0.25, 0.3) is 0 Å². The summed E-state index contributed by atoms with van der Waals surface area (Å²) in [6, 6.07) is 7.88. The molecule has 0 aliphatic heterocycles. The molecule has 1 rings (SSSR count). The molecule has 0 unspecified atom stereocenters. The van der Waals surface area contributed by atoms with Gasteiger partial charge in [0.1, 0.15) is 0 Å². The van der Waals surface area contributed by atoms with Crippen molar-refractivity contribution in [3.8, 4) is 0 Å². The van der Waals surface area contributed by atoms with Crippen molar-refractivity contribution < 1.29 is 5.11 Å². The van der Waals surface area contributed by atoms with Crippen LogP contribution in [0.4, 0.5) is 0 Å². The summed E-state index contributed by atoms with van der Waals surface area (Å²) in [6.45, 7) is 4.22. The van der Waals surface area contributed by atoms with E-state index in [0.717, 1.165) is 36.8 Å². The van der Waals surface area contributed by atoms with Gasteiger partial charge in [0.15, 0.2) is 0 Å². The monoisotopic (exact) mass is 233 g/mol. The summed E-state index contributed by atoms with van der Waals surface area (Å²) in [6.07, 6.45) is 4.25. The summed E-state index contributed by atoms with van der Waals surface area (Å²) in [7, 11) is 0. The average molecular weight is 233 g/mol. The molecule has 0 saturated carbocycles. The Morgan fingerprint density at radius 2 is 1.94 bits per heavy atom. The minimum atomic E-state index is -0.616. The highest BCUT2D eigenvalue weighted by Gasteiger charge is 2.14. The summed E-state index contributed by atoms with van der Waals surface area (Å²) >= 11 is 0. The molecular formula is C15H23NO. The van der Waals surface area contributed by atoms with E-state index in [4.69, 9.17) is 5.41 Å². The summed E-state index contributed by atoms with van der Waals surface area (Å²) < 4.78 is 0. The highest BCUT2D eigenvalue weighted by Crippen LogP contribution is 2.15. The van der Waals surface area contributed by atoms with Gasteiger partial charge in [-0.3, -0.25) is 0 Å². The van der Waals surface area contributed by atoms with Gasteiger partial charge in [0.05, 0.1) is 11.8 Å². The first kappa shape index (κ1) is 13.9. The van der Waals surface area contributed by atoms with E-state index in [9.17, 15) is 5.11 Å². The molecular weight excluding hydrogens is 210 g/mol. The van der Waals surface area contributed by atoms with Crippen molar-refractivity contribution in [2.45, 2.75) is 52.1 Å². The van der Waals surface area contributed by atoms with Crippen LogP contribution in [0.3, 0.4) is 0 Å². The van der Waals surface area contributed by atoms with Crippen molar-refractivity contribution in [3.05, 3.63) is 35.4 Å². The Kier molecular flexibility index (Phi) is 5.92. The first-order valence-corrected chi connectivity index (χ1v) is 6.55. The van der Waals surface area contributed by atoms with Crippen molar-refractivity contribution in [2.24, 2.45) is 0 Å². The van der Waals surface area contributed by atoms with Crippen molar-refractivity contribution in [1.82, 2.24) is 0 Å². The first-order chi connectivity index (χ1) is 8.20. The van der Waals surface area contributed by atoms with Gasteiger partial charge in [-0.25, -0.2) is 0 Å². The van der Waals surface area contributed by atoms with Crippen LogP contribution in [0.5, 0.6) is 0 Å². The van der Waals surface area contributed by atoms with Crippen molar-refractivity contribution in [2.75, 3.05) is 0 Å². The third-order valence-electron chi connectivity index (χ3n) is 3.10. The lowest BCUT2D eigenvalue weighted by molar-refractivity contribution is 0.226. The normalized spacial score (nSPS) is 12.4. The van der Waals surface area contributed by atoms with Crippen LogP contribution in [0.2, 0.25) is 0 Å². The van der Waals surface area contributed by atoms with Crippen molar-refractivity contribution in [1.29, 1.82) is 5.41 Å². The first-order valence-electron chi connectivity index (χ1n) is 6.55. The minimum absolute atomic E-state index is 0.374. The van der Waals surface area contributed by atoms with Gasteiger partial charge in [-0.05, 0) is 18.4 Å². The van der Waals surface area contributed by atoms with E-state index in [-0.39, 0.29) is 0 Å². The maximum atomic E-state index is 9.99. The van der Waals surface area contributed by atoms with Crippen LogP contribution in [0, 0.1) is 5.41 Å².